The Morgan fingerprint density at radius 1 is 0.955 bits per heavy atom. The molecule has 1 fully saturated rings. The summed E-state index contributed by atoms with van der Waals surface area (Å²) in [4.78, 5) is 2.44. The van der Waals surface area contributed by atoms with Gasteiger partial charge in [-0.3, -0.25) is 4.90 Å². The number of nitrogens with zero attached hydrogens (tertiary/aromatic N) is 1. The van der Waals surface area contributed by atoms with Crippen LogP contribution in [0, 0.1) is 13.8 Å². The fourth-order valence-electron chi connectivity index (χ4n) is 3.45. The van der Waals surface area contributed by atoms with Crippen LogP contribution in [0.25, 0.3) is 0 Å². The highest BCUT2D eigenvalue weighted by atomic mass is 16.3. The predicted octanol–water partition coefficient (Wildman–Crippen LogP) is 3.79. The van der Waals surface area contributed by atoms with Crippen molar-refractivity contribution in [1.82, 2.24) is 4.90 Å². The normalized spacial score (nSPS) is 18.3. The molecule has 2 aromatic carbocycles. The summed E-state index contributed by atoms with van der Waals surface area (Å²) < 4.78 is 0. The van der Waals surface area contributed by atoms with Crippen LogP contribution in [-0.2, 0) is 12.1 Å². The highest BCUT2D eigenvalue weighted by Gasteiger charge is 2.35. The molecular weight excluding hydrogens is 270 g/mol. The smallest absolute Gasteiger partial charge is 0.0923 e. The number of rotatable bonds is 3. The van der Waals surface area contributed by atoms with E-state index >= 15 is 0 Å². The average molecular weight is 295 g/mol. The second-order valence-corrected chi connectivity index (χ2v) is 6.54. The van der Waals surface area contributed by atoms with Gasteiger partial charge in [-0.05, 0) is 48.9 Å². The Kier molecular flexibility index (Phi) is 4.32. The topological polar surface area (TPSA) is 23.5 Å². The van der Waals surface area contributed by atoms with E-state index in [1.54, 1.807) is 0 Å². The fraction of sp³-hybridized carbons (Fsp3) is 0.400. The third-order valence-corrected chi connectivity index (χ3v) is 5.04. The molecule has 3 rings (SSSR count). The Morgan fingerprint density at radius 3 is 2.32 bits per heavy atom. The number of aliphatic hydroxyl groups is 1. The van der Waals surface area contributed by atoms with Crippen molar-refractivity contribution in [2.75, 3.05) is 13.1 Å². The summed E-state index contributed by atoms with van der Waals surface area (Å²) in [5.41, 5.74) is 4.30. The minimum absolute atomic E-state index is 0.663. The molecule has 0 spiro atoms. The number of likely N-dealkylation sites (tertiary alicyclic amines) is 1. The van der Waals surface area contributed by atoms with E-state index in [4.69, 9.17) is 0 Å². The van der Waals surface area contributed by atoms with Crippen molar-refractivity contribution in [2.45, 2.75) is 38.8 Å². The summed E-state index contributed by atoms with van der Waals surface area (Å²) in [6.07, 6.45) is 1.62. The van der Waals surface area contributed by atoms with Crippen molar-refractivity contribution in [3.63, 3.8) is 0 Å². The van der Waals surface area contributed by atoms with Crippen LogP contribution < -0.4 is 0 Å². The Bertz CT molecular complexity index is 627. The van der Waals surface area contributed by atoms with Gasteiger partial charge in [0.2, 0.25) is 0 Å². The van der Waals surface area contributed by atoms with Gasteiger partial charge in [0, 0.05) is 19.6 Å². The van der Waals surface area contributed by atoms with Crippen molar-refractivity contribution in [3.05, 3.63) is 70.8 Å². The van der Waals surface area contributed by atoms with E-state index < -0.39 is 5.60 Å². The van der Waals surface area contributed by atoms with Crippen LogP contribution >= 0.6 is 0 Å². The Labute approximate surface area is 133 Å². The highest BCUT2D eigenvalue weighted by molar-refractivity contribution is 5.37. The summed E-state index contributed by atoms with van der Waals surface area (Å²) in [6, 6.07) is 16.8. The molecule has 22 heavy (non-hydrogen) atoms. The Morgan fingerprint density at radius 2 is 1.64 bits per heavy atom. The van der Waals surface area contributed by atoms with Crippen LogP contribution in [0.2, 0.25) is 0 Å². The maximum atomic E-state index is 11.1. The van der Waals surface area contributed by atoms with Gasteiger partial charge in [0.05, 0.1) is 5.60 Å². The summed E-state index contributed by atoms with van der Waals surface area (Å²) in [5.74, 6) is 0. The zero-order valence-corrected chi connectivity index (χ0v) is 13.5. The maximum absolute atomic E-state index is 11.1. The van der Waals surface area contributed by atoms with E-state index in [9.17, 15) is 5.11 Å². The third-order valence-electron chi connectivity index (χ3n) is 5.04. The van der Waals surface area contributed by atoms with Crippen molar-refractivity contribution in [1.29, 1.82) is 0 Å². The van der Waals surface area contributed by atoms with Gasteiger partial charge in [0.25, 0.3) is 0 Å². The molecule has 0 saturated carbocycles. The van der Waals surface area contributed by atoms with E-state index in [2.05, 4.69) is 67.3 Å². The number of piperidine rings is 1. The molecule has 2 aromatic rings. The molecule has 0 atom stereocenters. The molecule has 1 heterocycles. The largest absolute Gasteiger partial charge is 0.385 e. The van der Waals surface area contributed by atoms with Crippen LogP contribution in [0.1, 0.15) is 35.1 Å². The Balaban J connectivity index is 1.69. The van der Waals surface area contributed by atoms with Crippen molar-refractivity contribution in [3.8, 4) is 0 Å². The molecular formula is C20H25NO. The van der Waals surface area contributed by atoms with Gasteiger partial charge in [-0.15, -0.1) is 0 Å². The van der Waals surface area contributed by atoms with E-state index in [0.29, 0.717) is 0 Å². The molecule has 2 nitrogen and oxygen atoms in total. The SMILES string of the molecule is Cc1cccc(C2(O)CCN(Cc3ccccc3)CC2)c1C. The number of aryl methyl sites for hydroxylation is 1. The second-order valence-electron chi connectivity index (χ2n) is 6.54. The van der Waals surface area contributed by atoms with Gasteiger partial charge in [-0.2, -0.15) is 0 Å². The fourth-order valence-corrected chi connectivity index (χ4v) is 3.45. The minimum atomic E-state index is -0.663. The van der Waals surface area contributed by atoms with Crippen LogP contribution in [0.5, 0.6) is 0 Å². The summed E-state index contributed by atoms with van der Waals surface area (Å²) in [7, 11) is 0. The van der Waals surface area contributed by atoms with E-state index in [1.165, 1.54) is 16.7 Å². The van der Waals surface area contributed by atoms with Crippen molar-refractivity contribution >= 4 is 0 Å². The maximum Gasteiger partial charge on any atom is 0.0923 e. The van der Waals surface area contributed by atoms with Crippen molar-refractivity contribution in [2.24, 2.45) is 0 Å². The van der Waals surface area contributed by atoms with E-state index in [1.807, 2.05) is 0 Å². The van der Waals surface area contributed by atoms with Gasteiger partial charge in [0.1, 0.15) is 0 Å². The van der Waals surface area contributed by atoms with Crippen LogP contribution in [0.3, 0.4) is 0 Å². The molecule has 1 saturated heterocycles. The summed E-state index contributed by atoms with van der Waals surface area (Å²) in [6.45, 7) is 7.10. The molecule has 2 heteroatoms. The number of hydrogen-bond donors (Lipinski definition) is 1. The molecule has 1 N–H and O–H groups in total. The van der Waals surface area contributed by atoms with Gasteiger partial charge in [0.15, 0.2) is 0 Å². The van der Waals surface area contributed by atoms with Crippen LogP contribution in [0.4, 0.5) is 0 Å². The monoisotopic (exact) mass is 295 g/mol. The first kappa shape index (κ1) is 15.3. The lowest BCUT2D eigenvalue weighted by molar-refractivity contribution is -0.0282. The molecule has 1 aliphatic rings. The molecule has 0 aromatic heterocycles. The lowest BCUT2D eigenvalue weighted by atomic mass is 9.81. The highest BCUT2D eigenvalue weighted by Crippen LogP contribution is 2.35. The average Bonchev–Trinajstić information content (AvgIpc) is 2.53. The molecule has 116 valence electrons. The first-order valence-electron chi connectivity index (χ1n) is 8.14. The lowest BCUT2D eigenvalue weighted by Gasteiger charge is -2.39. The standard InChI is InChI=1S/C20H25NO/c1-16-7-6-10-19(17(16)2)20(22)11-13-21(14-12-20)15-18-8-4-3-5-9-18/h3-10,22H,11-15H2,1-2H3. The summed E-state index contributed by atoms with van der Waals surface area (Å²) >= 11 is 0. The number of hydrogen-bond acceptors (Lipinski definition) is 2. The van der Waals surface area contributed by atoms with E-state index in [0.717, 1.165) is 38.0 Å². The molecule has 0 unspecified atom stereocenters. The molecule has 1 aliphatic heterocycles. The lowest BCUT2D eigenvalue weighted by Crippen LogP contribution is -2.42. The zero-order valence-electron chi connectivity index (χ0n) is 13.5. The molecule has 0 aliphatic carbocycles. The molecule has 0 bridgehead atoms. The third kappa shape index (κ3) is 3.08. The molecule has 0 amide bonds. The van der Waals surface area contributed by atoms with Crippen LogP contribution in [0.15, 0.2) is 48.5 Å². The van der Waals surface area contributed by atoms with E-state index in [-0.39, 0.29) is 0 Å². The minimum Gasteiger partial charge on any atom is -0.385 e. The Hall–Kier alpha value is -1.64. The van der Waals surface area contributed by atoms with Gasteiger partial charge < -0.3 is 5.11 Å². The first-order chi connectivity index (χ1) is 10.6. The second kappa shape index (κ2) is 6.23. The first-order valence-corrected chi connectivity index (χ1v) is 8.14. The van der Waals surface area contributed by atoms with Gasteiger partial charge in [-0.25, -0.2) is 0 Å². The van der Waals surface area contributed by atoms with Crippen molar-refractivity contribution < 1.29 is 5.11 Å². The number of benzene rings is 2. The van der Waals surface area contributed by atoms with Gasteiger partial charge in [-0.1, -0.05) is 48.5 Å². The molecule has 0 radical (unpaired) electrons. The van der Waals surface area contributed by atoms with Gasteiger partial charge >= 0.3 is 0 Å². The summed E-state index contributed by atoms with van der Waals surface area (Å²) in [5, 5.41) is 11.1. The van der Waals surface area contributed by atoms with Crippen LogP contribution in [-0.4, -0.2) is 23.1 Å². The quantitative estimate of drug-likeness (QED) is 0.931. The predicted molar refractivity (Wildman–Crippen MR) is 90.8 cm³/mol. The zero-order chi connectivity index (χ0) is 15.6.